The van der Waals surface area contributed by atoms with Crippen LogP contribution in [0.15, 0.2) is 54.6 Å². The van der Waals surface area contributed by atoms with Crippen molar-refractivity contribution in [3.8, 4) is 5.75 Å². The summed E-state index contributed by atoms with van der Waals surface area (Å²) in [6.07, 6.45) is -4.36. The molecule has 138 valence electrons. The van der Waals surface area contributed by atoms with Crippen LogP contribution in [-0.4, -0.2) is 25.0 Å². The van der Waals surface area contributed by atoms with E-state index in [9.17, 15) is 22.8 Å². The molecule has 0 bridgehead atoms. The summed E-state index contributed by atoms with van der Waals surface area (Å²) in [4.78, 5) is 23.4. The average Bonchev–Trinajstić information content (AvgIpc) is 2.60. The standard InChI is InChI=1S/C18H17F3N2O3/c19-18(20,21)13-6-8-14(9-7-13)23-17(25)12-22-16(24)10-11-26-15-4-2-1-3-5-15/h1-9H,10-12H2,(H,22,24)(H,23,25). The second-order valence-corrected chi connectivity index (χ2v) is 5.31. The number of hydrogen-bond donors (Lipinski definition) is 2. The Bertz CT molecular complexity index is 732. The zero-order chi connectivity index (χ0) is 19.0. The van der Waals surface area contributed by atoms with Gasteiger partial charge in [-0.15, -0.1) is 0 Å². The molecule has 2 aromatic carbocycles. The number of halogens is 3. The first-order chi connectivity index (χ1) is 12.3. The minimum absolute atomic E-state index is 0.0719. The fraction of sp³-hybridized carbons (Fsp3) is 0.222. The molecule has 8 heteroatoms. The van der Waals surface area contributed by atoms with Crippen LogP contribution < -0.4 is 15.4 Å². The first-order valence-corrected chi connectivity index (χ1v) is 7.76. The predicted octanol–water partition coefficient (Wildman–Crippen LogP) is 3.23. The molecule has 0 unspecified atom stereocenters. The van der Waals surface area contributed by atoms with Crippen LogP contribution in [0.3, 0.4) is 0 Å². The lowest BCUT2D eigenvalue weighted by Gasteiger charge is -2.10. The number of hydrogen-bond acceptors (Lipinski definition) is 3. The van der Waals surface area contributed by atoms with Crippen LogP contribution in [0.25, 0.3) is 0 Å². The van der Waals surface area contributed by atoms with E-state index in [0.29, 0.717) is 5.75 Å². The number of rotatable bonds is 7. The molecule has 2 rings (SSSR count). The van der Waals surface area contributed by atoms with Crippen molar-refractivity contribution in [2.45, 2.75) is 12.6 Å². The third-order valence-electron chi connectivity index (χ3n) is 3.28. The third-order valence-corrected chi connectivity index (χ3v) is 3.28. The van der Waals surface area contributed by atoms with Crippen molar-refractivity contribution in [2.75, 3.05) is 18.5 Å². The fourth-order valence-electron chi connectivity index (χ4n) is 1.99. The highest BCUT2D eigenvalue weighted by Crippen LogP contribution is 2.29. The van der Waals surface area contributed by atoms with Crippen LogP contribution >= 0.6 is 0 Å². The predicted molar refractivity (Wildman–Crippen MR) is 89.6 cm³/mol. The Balaban J connectivity index is 1.68. The SMILES string of the molecule is O=C(CCOc1ccccc1)NCC(=O)Nc1ccc(C(F)(F)F)cc1. The maximum absolute atomic E-state index is 12.5. The second kappa shape index (κ2) is 8.89. The zero-order valence-electron chi connectivity index (χ0n) is 13.7. The van der Waals surface area contributed by atoms with E-state index in [4.69, 9.17) is 4.74 Å². The molecule has 0 saturated carbocycles. The summed E-state index contributed by atoms with van der Waals surface area (Å²) in [5.74, 6) is -0.272. The topological polar surface area (TPSA) is 67.4 Å². The summed E-state index contributed by atoms with van der Waals surface area (Å²) in [6, 6.07) is 13.0. The molecule has 0 aliphatic rings. The molecule has 0 saturated heterocycles. The molecule has 0 radical (unpaired) electrons. The molecule has 0 fully saturated rings. The Kier molecular flexibility index (Phi) is 6.60. The molecule has 0 spiro atoms. The number of anilines is 1. The Labute approximate surface area is 148 Å². The van der Waals surface area contributed by atoms with Crippen LogP contribution in [0.2, 0.25) is 0 Å². The maximum atomic E-state index is 12.5. The molecule has 0 heterocycles. The molecular formula is C18H17F3N2O3. The highest BCUT2D eigenvalue weighted by molar-refractivity contribution is 5.94. The van der Waals surface area contributed by atoms with Crippen molar-refractivity contribution in [1.82, 2.24) is 5.32 Å². The van der Waals surface area contributed by atoms with Gasteiger partial charge in [-0.3, -0.25) is 9.59 Å². The van der Waals surface area contributed by atoms with Crippen LogP contribution in [0.5, 0.6) is 5.75 Å². The van der Waals surface area contributed by atoms with Gasteiger partial charge < -0.3 is 15.4 Å². The smallest absolute Gasteiger partial charge is 0.416 e. The number of carbonyl (C=O) groups excluding carboxylic acids is 2. The van der Waals surface area contributed by atoms with E-state index in [0.717, 1.165) is 24.3 Å². The Hall–Kier alpha value is -3.03. The van der Waals surface area contributed by atoms with Gasteiger partial charge in [0.05, 0.1) is 25.1 Å². The molecule has 0 aromatic heterocycles. The number of para-hydroxylation sites is 1. The van der Waals surface area contributed by atoms with E-state index in [1.54, 1.807) is 24.3 Å². The molecule has 2 aromatic rings. The third kappa shape index (κ3) is 6.46. The van der Waals surface area contributed by atoms with E-state index < -0.39 is 17.6 Å². The molecule has 2 N–H and O–H groups in total. The quantitative estimate of drug-likeness (QED) is 0.791. The van der Waals surface area contributed by atoms with Crippen molar-refractivity contribution >= 4 is 17.5 Å². The number of amides is 2. The highest BCUT2D eigenvalue weighted by atomic mass is 19.4. The fourth-order valence-corrected chi connectivity index (χ4v) is 1.99. The van der Waals surface area contributed by atoms with Crippen LogP contribution in [0, 0.1) is 0 Å². The molecule has 0 aliphatic heterocycles. The van der Waals surface area contributed by atoms with Gasteiger partial charge in [-0.05, 0) is 36.4 Å². The van der Waals surface area contributed by atoms with Crippen LogP contribution in [0.4, 0.5) is 18.9 Å². The molecule has 0 atom stereocenters. The van der Waals surface area contributed by atoms with Crippen molar-refractivity contribution in [2.24, 2.45) is 0 Å². The van der Waals surface area contributed by atoms with Gasteiger partial charge in [0.2, 0.25) is 11.8 Å². The van der Waals surface area contributed by atoms with Crippen molar-refractivity contribution < 1.29 is 27.5 Å². The molecular weight excluding hydrogens is 349 g/mol. The largest absolute Gasteiger partial charge is 0.493 e. The molecule has 5 nitrogen and oxygen atoms in total. The number of nitrogens with one attached hydrogen (secondary N) is 2. The summed E-state index contributed by atoms with van der Waals surface area (Å²) in [5, 5.41) is 4.82. The highest BCUT2D eigenvalue weighted by Gasteiger charge is 2.29. The summed E-state index contributed by atoms with van der Waals surface area (Å²) in [5.41, 5.74) is -0.591. The average molecular weight is 366 g/mol. The molecule has 2 amide bonds. The lowest BCUT2D eigenvalue weighted by molar-refractivity contribution is -0.137. The molecule has 26 heavy (non-hydrogen) atoms. The molecule has 0 aliphatic carbocycles. The van der Waals surface area contributed by atoms with Crippen LogP contribution in [-0.2, 0) is 15.8 Å². The number of ether oxygens (including phenoxy) is 1. The number of carbonyl (C=O) groups is 2. The second-order valence-electron chi connectivity index (χ2n) is 5.31. The van der Waals surface area contributed by atoms with E-state index in [1.807, 2.05) is 6.07 Å². The number of alkyl halides is 3. The van der Waals surface area contributed by atoms with Gasteiger partial charge in [-0.25, -0.2) is 0 Å². The summed E-state index contributed by atoms with van der Waals surface area (Å²) in [6.45, 7) is -0.123. The Morgan fingerprint density at radius 3 is 2.19 bits per heavy atom. The van der Waals surface area contributed by atoms with Crippen molar-refractivity contribution in [3.05, 3.63) is 60.2 Å². The first-order valence-electron chi connectivity index (χ1n) is 7.76. The van der Waals surface area contributed by atoms with Crippen LogP contribution in [0.1, 0.15) is 12.0 Å². The lowest BCUT2D eigenvalue weighted by atomic mass is 10.2. The lowest BCUT2D eigenvalue weighted by Crippen LogP contribution is -2.33. The monoisotopic (exact) mass is 366 g/mol. The van der Waals surface area contributed by atoms with Crippen molar-refractivity contribution in [3.63, 3.8) is 0 Å². The van der Waals surface area contributed by atoms with Gasteiger partial charge in [-0.1, -0.05) is 18.2 Å². The number of benzene rings is 2. The van der Waals surface area contributed by atoms with E-state index in [-0.39, 0.29) is 31.2 Å². The van der Waals surface area contributed by atoms with E-state index >= 15 is 0 Å². The maximum Gasteiger partial charge on any atom is 0.416 e. The van der Waals surface area contributed by atoms with E-state index in [2.05, 4.69) is 10.6 Å². The summed E-state index contributed by atoms with van der Waals surface area (Å²) in [7, 11) is 0. The van der Waals surface area contributed by atoms with Gasteiger partial charge in [0.1, 0.15) is 5.75 Å². The minimum atomic E-state index is -4.43. The normalized spacial score (nSPS) is 10.9. The minimum Gasteiger partial charge on any atom is -0.493 e. The van der Waals surface area contributed by atoms with Gasteiger partial charge in [0.15, 0.2) is 0 Å². The van der Waals surface area contributed by atoms with Gasteiger partial charge >= 0.3 is 6.18 Å². The summed E-state index contributed by atoms with van der Waals surface area (Å²) >= 11 is 0. The van der Waals surface area contributed by atoms with Gasteiger partial charge in [-0.2, -0.15) is 13.2 Å². The Morgan fingerprint density at radius 1 is 0.923 bits per heavy atom. The zero-order valence-corrected chi connectivity index (χ0v) is 13.7. The van der Waals surface area contributed by atoms with Gasteiger partial charge in [0, 0.05) is 5.69 Å². The van der Waals surface area contributed by atoms with E-state index in [1.165, 1.54) is 0 Å². The first kappa shape index (κ1) is 19.3. The van der Waals surface area contributed by atoms with Crippen molar-refractivity contribution in [1.29, 1.82) is 0 Å². The van der Waals surface area contributed by atoms with Gasteiger partial charge in [0.25, 0.3) is 0 Å². The summed E-state index contributed by atoms with van der Waals surface area (Å²) < 4.78 is 42.7. The Morgan fingerprint density at radius 2 is 1.58 bits per heavy atom.